The van der Waals surface area contributed by atoms with E-state index in [0.29, 0.717) is 23.1 Å². The lowest BCUT2D eigenvalue weighted by Gasteiger charge is -2.16. The van der Waals surface area contributed by atoms with E-state index in [1.54, 1.807) is 24.3 Å². The lowest BCUT2D eigenvalue weighted by molar-refractivity contribution is 0.103. The Bertz CT molecular complexity index is 994. The van der Waals surface area contributed by atoms with Crippen LogP contribution in [-0.2, 0) is 6.42 Å². The van der Waals surface area contributed by atoms with Gasteiger partial charge in [-0.15, -0.1) is 0 Å². The minimum absolute atomic E-state index is 0.149. The molecule has 3 heteroatoms. The van der Waals surface area contributed by atoms with Crippen LogP contribution in [0.4, 0.5) is 0 Å². The first-order chi connectivity index (χ1) is 11.6. The van der Waals surface area contributed by atoms with Crippen LogP contribution in [-0.4, -0.2) is 15.9 Å². The number of allylic oxidation sites excluding steroid dienone is 2. The molecule has 0 spiro atoms. The summed E-state index contributed by atoms with van der Waals surface area (Å²) in [5.41, 5.74) is 4.54. The highest BCUT2D eigenvalue weighted by molar-refractivity contribution is 6.12. The van der Waals surface area contributed by atoms with Crippen molar-refractivity contribution < 1.29 is 9.90 Å². The SMILES string of the molecule is C=C1/C=C\c2c([nH]c3ccccc23)CC(O)c2ccccc2C1=O. The van der Waals surface area contributed by atoms with Crippen molar-refractivity contribution in [2.75, 3.05) is 0 Å². The van der Waals surface area contributed by atoms with Gasteiger partial charge in [0.2, 0.25) is 0 Å². The van der Waals surface area contributed by atoms with Gasteiger partial charge in [-0.05, 0) is 11.6 Å². The van der Waals surface area contributed by atoms with Gasteiger partial charge in [-0.25, -0.2) is 0 Å². The molecule has 0 aliphatic heterocycles. The Labute approximate surface area is 140 Å². The van der Waals surface area contributed by atoms with E-state index in [1.807, 2.05) is 36.4 Å². The molecule has 0 radical (unpaired) electrons. The first-order valence-electron chi connectivity index (χ1n) is 7.93. The molecule has 0 amide bonds. The number of aromatic nitrogens is 1. The van der Waals surface area contributed by atoms with Crippen molar-refractivity contribution in [2.24, 2.45) is 0 Å². The number of para-hydroxylation sites is 1. The lowest BCUT2D eigenvalue weighted by Crippen LogP contribution is -2.12. The normalized spacial score (nSPS) is 19.0. The predicted molar refractivity (Wildman–Crippen MR) is 95.9 cm³/mol. The minimum Gasteiger partial charge on any atom is -0.388 e. The fourth-order valence-corrected chi connectivity index (χ4v) is 3.30. The van der Waals surface area contributed by atoms with Crippen LogP contribution in [0.15, 0.2) is 66.8 Å². The molecule has 1 aliphatic rings. The quantitative estimate of drug-likeness (QED) is 0.611. The second-order valence-corrected chi connectivity index (χ2v) is 6.06. The van der Waals surface area contributed by atoms with Crippen molar-refractivity contribution >= 4 is 22.8 Å². The monoisotopic (exact) mass is 315 g/mol. The number of hydrogen-bond donors (Lipinski definition) is 2. The fourth-order valence-electron chi connectivity index (χ4n) is 3.30. The molecule has 0 fully saturated rings. The Kier molecular flexibility index (Phi) is 3.44. The van der Waals surface area contributed by atoms with E-state index >= 15 is 0 Å². The van der Waals surface area contributed by atoms with Gasteiger partial charge < -0.3 is 10.1 Å². The maximum absolute atomic E-state index is 12.6. The maximum Gasteiger partial charge on any atom is 0.192 e. The molecule has 1 heterocycles. The number of benzene rings is 2. The molecule has 1 aliphatic carbocycles. The van der Waals surface area contributed by atoms with E-state index < -0.39 is 6.10 Å². The summed E-state index contributed by atoms with van der Waals surface area (Å²) in [6.45, 7) is 3.90. The minimum atomic E-state index is -0.753. The number of hydrogen-bond acceptors (Lipinski definition) is 2. The average molecular weight is 315 g/mol. The summed E-state index contributed by atoms with van der Waals surface area (Å²) >= 11 is 0. The van der Waals surface area contributed by atoms with Crippen molar-refractivity contribution in [1.29, 1.82) is 0 Å². The number of ketones is 1. The smallest absolute Gasteiger partial charge is 0.192 e. The zero-order valence-electron chi connectivity index (χ0n) is 13.1. The van der Waals surface area contributed by atoms with Crippen LogP contribution < -0.4 is 0 Å². The van der Waals surface area contributed by atoms with Gasteiger partial charge in [0.1, 0.15) is 0 Å². The van der Waals surface area contributed by atoms with Crippen molar-refractivity contribution in [1.82, 2.24) is 4.98 Å². The van der Waals surface area contributed by atoms with Gasteiger partial charge >= 0.3 is 0 Å². The van der Waals surface area contributed by atoms with Gasteiger partial charge in [0.15, 0.2) is 5.78 Å². The van der Waals surface area contributed by atoms with Crippen molar-refractivity contribution in [2.45, 2.75) is 12.5 Å². The predicted octanol–water partition coefficient (Wildman–Crippen LogP) is 4.21. The van der Waals surface area contributed by atoms with E-state index in [2.05, 4.69) is 11.6 Å². The Hall–Kier alpha value is -2.91. The molecule has 3 nitrogen and oxygen atoms in total. The Morgan fingerprint density at radius 2 is 1.79 bits per heavy atom. The van der Waals surface area contributed by atoms with Crippen LogP contribution in [0.1, 0.15) is 33.3 Å². The first kappa shape index (κ1) is 14.7. The largest absolute Gasteiger partial charge is 0.388 e. The van der Waals surface area contributed by atoms with Crippen molar-refractivity contribution in [3.8, 4) is 0 Å². The molecular weight excluding hydrogens is 298 g/mol. The molecule has 1 atom stereocenters. The zero-order chi connectivity index (χ0) is 16.7. The van der Waals surface area contributed by atoms with E-state index in [1.165, 1.54) is 0 Å². The number of rotatable bonds is 0. The molecule has 24 heavy (non-hydrogen) atoms. The fraction of sp³-hybridized carbons (Fsp3) is 0.0952. The molecule has 1 aromatic heterocycles. The molecular formula is C21H17NO2. The lowest BCUT2D eigenvalue weighted by atomic mass is 9.91. The zero-order valence-corrected chi connectivity index (χ0v) is 13.1. The van der Waals surface area contributed by atoms with Gasteiger partial charge in [-0.3, -0.25) is 4.79 Å². The number of H-pyrrole nitrogens is 1. The highest BCUT2D eigenvalue weighted by Crippen LogP contribution is 2.31. The van der Waals surface area contributed by atoms with Gasteiger partial charge in [0.05, 0.1) is 6.10 Å². The maximum atomic E-state index is 12.6. The van der Waals surface area contributed by atoms with Crippen LogP contribution in [0.3, 0.4) is 0 Å². The number of aromatic amines is 1. The van der Waals surface area contributed by atoms with Crippen LogP contribution in [0.5, 0.6) is 0 Å². The average Bonchev–Trinajstić information content (AvgIpc) is 2.95. The van der Waals surface area contributed by atoms with E-state index in [-0.39, 0.29) is 5.78 Å². The molecule has 2 N–H and O–H groups in total. The summed E-state index contributed by atoms with van der Waals surface area (Å²) in [4.78, 5) is 16.0. The number of carbonyl (C=O) groups is 1. The third-order valence-corrected chi connectivity index (χ3v) is 4.53. The first-order valence-corrected chi connectivity index (χ1v) is 7.93. The third kappa shape index (κ3) is 2.30. The molecule has 0 saturated carbocycles. The van der Waals surface area contributed by atoms with E-state index in [9.17, 15) is 9.90 Å². The molecule has 0 saturated heterocycles. The molecule has 4 rings (SSSR count). The number of fused-ring (bicyclic) bond motifs is 4. The molecule has 118 valence electrons. The van der Waals surface area contributed by atoms with Crippen LogP contribution in [0.2, 0.25) is 0 Å². The second kappa shape index (κ2) is 5.62. The highest BCUT2D eigenvalue weighted by atomic mass is 16.3. The molecule has 2 aromatic carbocycles. The Balaban J connectivity index is 1.95. The summed E-state index contributed by atoms with van der Waals surface area (Å²) in [7, 11) is 0. The third-order valence-electron chi connectivity index (χ3n) is 4.53. The number of Topliss-reactive ketones (excluding diaryl/α,β-unsaturated/α-hetero) is 1. The highest BCUT2D eigenvalue weighted by Gasteiger charge is 2.22. The molecule has 0 bridgehead atoms. The van der Waals surface area contributed by atoms with Crippen molar-refractivity contribution in [3.63, 3.8) is 0 Å². The number of aliphatic hydroxyl groups is 1. The summed E-state index contributed by atoms with van der Waals surface area (Å²) in [5.74, 6) is -0.149. The van der Waals surface area contributed by atoms with Crippen LogP contribution >= 0.6 is 0 Å². The summed E-state index contributed by atoms with van der Waals surface area (Å²) in [6.07, 6.45) is 3.34. The van der Waals surface area contributed by atoms with Crippen LogP contribution in [0, 0.1) is 0 Å². The summed E-state index contributed by atoms with van der Waals surface area (Å²) in [6, 6.07) is 15.2. The van der Waals surface area contributed by atoms with E-state index in [4.69, 9.17) is 0 Å². The van der Waals surface area contributed by atoms with Crippen LogP contribution in [0.25, 0.3) is 17.0 Å². The number of carbonyl (C=O) groups excluding carboxylic acids is 1. The van der Waals surface area contributed by atoms with Gasteiger partial charge in [-0.1, -0.05) is 61.2 Å². The topological polar surface area (TPSA) is 53.1 Å². The van der Waals surface area contributed by atoms with Gasteiger partial charge in [-0.2, -0.15) is 0 Å². The number of nitrogens with one attached hydrogen (secondary N) is 1. The Morgan fingerprint density at radius 3 is 2.67 bits per heavy atom. The standard InChI is InChI=1S/C21H17NO2/c1-13-10-11-15-14-6-4-5-9-18(14)22-19(15)12-20(23)16-7-2-3-8-17(16)21(13)24/h2-11,20,22-23H,1,12H2/b11-10-. The molecule has 3 aromatic rings. The Morgan fingerprint density at radius 1 is 1.04 bits per heavy atom. The van der Waals surface area contributed by atoms with Gasteiger partial charge in [0.25, 0.3) is 0 Å². The van der Waals surface area contributed by atoms with Crippen molar-refractivity contribution in [3.05, 3.63) is 89.1 Å². The summed E-state index contributed by atoms with van der Waals surface area (Å²) in [5, 5.41) is 11.8. The second-order valence-electron chi connectivity index (χ2n) is 6.06. The van der Waals surface area contributed by atoms with E-state index in [0.717, 1.165) is 22.2 Å². The summed E-state index contributed by atoms with van der Waals surface area (Å²) < 4.78 is 0. The van der Waals surface area contributed by atoms with Gasteiger partial charge in [0, 0.05) is 39.7 Å². The number of aliphatic hydroxyl groups excluding tert-OH is 1. The molecule has 1 unspecified atom stereocenters.